The summed E-state index contributed by atoms with van der Waals surface area (Å²) in [7, 11) is 0. The van der Waals surface area contributed by atoms with Crippen molar-refractivity contribution in [3.8, 4) is 0 Å². The molecule has 1 aromatic rings. The number of hydrogen-bond donors (Lipinski definition) is 1. The van der Waals surface area contributed by atoms with Crippen molar-refractivity contribution in [3.05, 3.63) is 59.7 Å². The monoisotopic (exact) mass is 335 g/mol. The maximum atomic E-state index is 12.2. The van der Waals surface area contributed by atoms with E-state index in [1.54, 1.807) is 4.90 Å². The zero-order chi connectivity index (χ0) is 17.2. The van der Waals surface area contributed by atoms with Gasteiger partial charge in [-0.25, -0.2) is 0 Å². The van der Waals surface area contributed by atoms with Gasteiger partial charge in [0.05, 0.1) is 6.04 Å². The Labute approximate surface area is 147 Å². The largest absolute Gasteiger partial charge is 0.368 e. The number of anilines is 1. The summed E-state index contributed by atoms with van der Waals surface area (Å²) in [5.74, 6) is 0.133. The van der Waals surface area contributed by atoms with Gasteiger partial charge in [0.15, 0.2) is 0 Å². The second kappa shape index (κ2) is 6.59. The number of amides is 2. The van der Waals surface area contributed by atoms with Crippen molar-refractivity contribution in [2.24, 2.45) is 5.92 Å². The molecule has 0 radical (unpaired) electrons. The molecule has 2 aliphatic heterocycles. The Morgan fingerprint density at radius 2 is 1.72 bits per heavy atom. The van der Waals surface area contributed by atoms with E-state index in [2.05, 4.69) is 40.6 Å². The van der Waals surface area contributed by atoms with E-state index in [0.29, 0.717) is 0 Å². The molecule has 0 aromatic heterocycles. The van der Waals surface area contributed by atoms with Gasteiger partial charge in [-0.1, -0.05) is 36.4 Å². The standard InChI is InChI=1S/C20H21N3O2/c24-14-22-9-11-23(12-10-22)16-7-5-15(6-8-16)13-18-17-3-1-2-4-19(17)21-20(18)25/h1-8,13-14,17,19H,9-12H2,(H,21,25)/b18-13-. The summed E-state index contributed by atoms with van der Waals surface area (Å²) in [4.78, 5) is 27.1. The van der Waals surface area contributed by atoms with Gasteiger partial charge in [0, 0.05) is 43.4 Å². The van der Waals surface area contributed by atoms with Crippen molar-refractivity contribution in [1.29, 1.82) is 0 Å². The predicted molar refractivity (Wildman–Crippen MR) is 98.0 cm³/mol. The predicted octanol–water partition coefficient (Wildman–Crippen LogP) is 1.59. The Hall–Kier alpha value is -2.82. The Morgan fingerprint density at radius 1 is 1.00 bits per heavy atom. The van der Waals surface area contributed by atoms with Crippen molar-refractivity contribution in [1.82, 2.24) is 10.2 Å². The molecule has 1 aromatic carbocycles. The van der Waals surface area contributed by atoms with Gasteiger partial charge >= 0.3 is 0 Å². The molecule has 2 saturated heterocycles. The molecule has 128 valence electrons. The van der Waals surface area contributed by atoms with Crippen LogP contribution in [0.25, 0.3) is 6.08 Å². The lowest BCUT2D eigenvalue weighted by atomic mass is 9.91. The van der Waals surface area contributed by atoms with Crippen molar-refractivity contribution in [2.75, 3.05) is 31.1 Å². The van der Waals surface area contributed by atoms with Crippen LogP contribution in [-0.2, 0) is 9.59 Å². The molecule has 2 atom stereocenters. The Kier molecular flexibility index (Phi) is 4.14. The van der Waals surface area contributed by atoms with Crippen LogP contribution in [0.15, 0.2) is 54.1 Å². The minimum absolute atomic E-state index is 0.0141. The number of nitrogens with one attached hydrogen (secondary N) is 1. The molecule has 0 spiro atoms. The van der Waals surface area contributed by atoms with Gasteiger partial charge in [-0.05, 0) is 23.8 Å². The summed E-state index contributed by atoms with van der Waals surface area (Å²) in [6.45, 7) is 3.22. The Bertz CT molecular complexity index is 756. The molecular weight excluding hydrogens is 314 g/mol. The minimum Gasteiger partial charge on any atom is -0.368 e. The zero-order valence-corrected chi connectivity index (χ0v) is 14.0. The number of benzene rings is 1. The summed E-state index contributed by atoms with van der Waals surface area (Å²) >= 11 is 0. The second-order valence-electron chi connectivity index (χ2n) is 6.61. The fraction of sp³-hybridized carbons (Fsp3) is 0.300. The van der Waals surface area contributed by atoms with E-state index in [0.717, 1.165) is 49.4 Å². The van der Waals surface area contributed by atoms with E-state index >= 15 is 0 Å². The molecule has 3 aliphatic rings. The van der Waals surface area contributed by atoms with Gasteiger partial charge < -0.3 is 15.1 Å². The first-order chi connectivity index (χ1) is 12.2. The lowest BCUT2D eigenvalue weighted by Crippen LogP contribution is -2.45. The lowest BCUT2D eigenvalue weighted by Gasteiger charge is -2.34. The number of carbonyl (C=O) groups is 2. The number of fused-ring (bicyclic) bond motifs is 1. The maximum Gasteiger partial charge on any atom is 0.248 e. The Balaban J connectivity index is 1.49. The molecule has 0 saturated carbocycles. The zero-order valence-electron chi connectivity index (χ0n) is 14.0. The molecule has 5 nitrogen and oxygen atoms in total. The van der Waals surface area contributed by atoms with Gasteiger partial charge in [0.1, 0.15) is 0 Å². The van der Waals surface area contributed by atoms with Crippen LogP contribution < -0.4 is 10.2 Å². The van der Waals surface area contributed by atoms with Crippen LogP contribution in [0.1, 0.15) is 5.56 Å². The molecule has 2 unspecified atom stereocenters. The highest BCUT2D eigenvalue weighted by molar-refractivity contribution is 6.02. The summed E-state index contributed by atoms with van der Waals surface area (Å²) in [5.41, 5.74) is 3.00. The number of allylic oxidation sites excluding steroid dienone is 2. The molecule has 2 fully saturated rings. The minimum atomic E-state index is 0.0141. The van der Waals surface area contributed by atoms with Gasteiger partial charge in [-0.2, -0.15) is 0 Å². The van der Waals surface area contributed by atoms with E-state index in [9.17, 15) is 9.59 Å². The van der Waals surface area contributed by atoms with Gasteiger partial charge in [0.2, 0.25) is 12.3 Å². The molecule has 0 bridgehead atoms. The molecule has 1 aliphatic carbocycles. The first-order valence-corrected chi connectivity index (χ1v) is 8.66. The van der Waals surface area contributed by atoms with Crippen LogP contribution in [0.4, 0.5) is 5.69 Å². The third-order valence-corrected chi connectivity index (χ3v) is 5.10. The lowest BCUT2D eigenvalue weighted by molar-refractivity contribution is -0.118. The molecular formula is C20H21N3O2. The number of carbonyl (C=O) groups excluding carboxylic acids is 2. The second-order valence-corrected chi connectivity index (χ2v) is 6.61. The van der Waals surface area contributed by atoms with Crippen LogP contribution in [0, 0.1) is 5.92 Å². The van der Waals surface area contributed by atoms with Crippen LogP contribution >= 0.6 is 0 Å². The summed E-state index contributed by atoms with van der Waals surface area (Å²) < 4.78 is 0. The maximum absolute atomic E-state index is 12.2. The average molecular weight is 335 g/mol. The first kappa shape index (κ1) is 15.7. The van der Waals surface area contributed by atoms with Crippen molar-refractivity contribution in [2.45, 2.75) is 6.04 Å². The molecule has 2 heterocycles. The topological polar surface area (TPSA) is 52.7 Å². The fourth-order valence-electron chi connectivity index (χ4n) is 3.64. The van der Waals surface area contributed by atoms with Gasteiger partial charge in [-0.3, -0.25) is 9.59 Å². The molecule has 2 amide bonds. The highest BCUT2D eigenvalue weighted by Gasteiger charge is 2.34. The smallest absolute Gasteiger partial charge is 0.248 e. The van der Waals surface area contributed by atoms with Crippen LogP contribution in [0.5, 0.6) is 0 Å². The molecule has 1 N–H and O–H groups in total. The fourth-order valence-corrected chi connectivity index (χ4v) is 3.64. The molecule has 5 heteroatoms. The van der Waals surface area contributed by atoms with Gasteiger partial charge in [0.25, 0.3) is 0 Å². The number of nitrogens with zero attached hydrogens (tertiary/aromatic N) is 2. The summed E-state index contributed by atoms with van der Waals surface area (Å²) in [5, 5.41) is 3.01. The van der Waals surface area contributed by atoms with Crippen molar-refractivity contribution < 1.29 is 9.59 Å². The normalized spacial score (nSPS) is 26.7. The highest BCUT2D eigenvalue weighted by Crippen LogP contribution is 2.29. The van der Waals surface area contributed by atoms with Crippen LogP contribution in [0.3, 0.4) is 0 Å². The van der Waals surface area contributed by atoms with Gasteiger partial charge in [-0.15, -0.1) is 0 Å². The van der Waals surface area contributed by atoms with Crippen molar-refractivity contribution >= 4 is 24.1 Å². The first-order valence-electron chi connectivity index (χ1n) is 8.66. The summed E-state index contributed by atoms with van der Waals surface area (Å²) in [6.07, 6.45) is 11.0. The van der Waals surface area contributed by atoms with Crippen LogP contribution in [-0.4, -0.2) is 49.4 Å². The third kappa shape index (κ3) is 3.09. The average Bonchev–Trinajstić information content (AvgIpc) is 2.98. The van der Waals surface area contributed by atoms with Crippen LogP contribution in [0.2, 0.25) is 0 Å². The van der Waals surface area contributed by atoms with E-state index in [-0.39, 0.29) is 17.9 Å². The summed E-state index contributed by atoms with van der Waals surface area (Å²) in [6, 6.07) is 8.36. The third-order valence-electron chi connectivity index (χ3n) is 5.10. The van der Waals surface area contributed by atoms with E-state index in [1.807, 2.05) is 24.3 Å². The SMILES string of the molecule is O=CN1CCN(c2ccc(/C=C3\C(=O)NC4C=CC=CC34)cc2)CC1. The van der Waals surface area contributed by atoms with E-state index < -0.39 is 0 Å². The Morgan fingerprint density at radius 3 is 2.44 bits per heavy atom. The molecule has 25 heavy (non-hydrogen) atoms. The number of hydrogen-bond acceptors (Lipinski definition) is 3. The highest BCUT2D eigenvalue weighted by atomic mass is 16.2. The number of rotatable bonds is 3. The van der Waals surface area contributed by atoms with E-state index in [1.165, 1.54) is 0 Å². The quantitative estimate of drug-likeness (QED) is 0.674. The van der Waals surface area contributed by atoms with Crippen molar-refractivity contribution in [3.63, 3.8) is 0 Å². The van der Waals surface area contributed by atoms with E-state index in [4.69, 9.17) is 0 Å². The molecule has 4 rings (SSSR count). The number of piperazine rings is 1.